The van der Waals surface area contributed by atoms with Gasteiger partial charge in [-0.05, 0) is 13.0 Å². The standard InChI is InChI=1S/C9H10N4O2/c1-5-11-7-3-6(10)8(13(14)15)4-9(7)12(5)2/h3-4H,10H2,1-2H3. The summed E-state index contributed by atoms with van der Waals surface area (Å²) in [7, 11) is 1.81. The Morgan fingerprint density at radius 1 is 1.53 bits per heavy atom. The Hall–Kier alpha value is -2.11. The zero-order valence-electron chi connectivity index (χ0n) is 8.39. The van der Waals surface area contributed by atoms with Crippen molar-refractivity contribution in [2.24, 2.45) is 7.05 Å². The lowest BCUT2D eigenvalue weighted by molar-refractivity contribution is -0.383. The molecular formula is C9H10N4O2. The fourth-order valence-electron chi connectivity index (χ4n) is 1.52. The Kier molecular flexibility index (Phi) is 1.85. The maximum absolute atomic E-state index is 10.7. The second-order valence-electron chi connectivity index (χ2n) is 3.37. The summed E-state index contributed by atoms with van der Waals surface area (Å²) in [6.45, 7) is 1.84. The van der Waals surface area contributed by atoms with Crippen LogP contribution in [0.1, 0.15) is 5.82 Å². The monoisotopic (exact) mass is 206 g/mol. The Bertz CT molecular complexity index is 559. The molecule has 0 saturated carbocycles. The first kappa shape index (κ1) is 9.45. The molecule has 0 spiro atoms. The second kappa shape index (κ2) is 2.94. The highest BCUT2D eigenvalue weighted by atomic mass is 16.6. The fourth-order valence-corrected chi connectivity index (χ4v) is 1.52. The van der Waals surface area contributed by atoms with E-state index < -0.39 is 4.92 Å². The fraction of sp³-hybridized carbons (Fsp3) is 0.222. The van der Waals surface area contributed by atoms with Crippen LogP contribution in [0.5, 0.6) is 0 Å². The number of aryl methyl sites for hydroxylation is 2. The highest BCUT2D eigenvalue weighted by Crippen LogP contribution is 2.27. The van der Waals surface area contributed by atoms with E-state index in [0.717, 1.165) is 5.82 Å². The van der Waals surface area contributed by atoms with Gasteiger partial charge in [0.15, 0.2) is 0 Å². The Labute approximate surface area is 85.5 Å². The molecule has 0 bridgehead atoms. The third kappa shape index (κ3) is 1.30. The number of rotatable bonds is 1. The number of nitro benzene ring substituents is 1. The molecule has 0 atom stereocenters. The topological polar surface area (TPSA) is 87.0 Å². The molecule has 6 nitrogen and oxygen atoms in total. The van der Waals surface area contributed by atoms with Gasteiger partial charge in [0.05, 0.1) is 16.0 Å². The molecule has 15 heavy (non-hydrogen) atoms. The van der Waals surface area contributed by atoms with Crippen molar-refractivity contribution >= 4 is 22.4 Å². The minimum atomic E-state index is -0.489. The number of nitrogens with two attached hydrogens (primary N) is 1. The smallest absolute Gasteiger partial charge is 0.294 e. The Morgan fingerprint density at radius 2 is 2.20 bits per heavy atom. The number of imidazole rings is 1. The predicted octanol–water partition coefficient (Wildman–Crippen LogP) is 1.37. The van der Waals surface area contributed by atoms with Gasteiger partial charge in [-0.15, -0.1) is 0 Å². The molecule has 1 aromatic carbocycles. The molecule has 2 rings (SSSR count). The van der Waals surface area contributed by atoms with Crippen molar-refractivity contribution in [1.29, 1.82) is 0 Å². The summed E-state index contributed by atoms with van der Waals surface area (Å²) in [6, 6.07) is 2.98. The van der Waals surface area contributed by atoms with Crippen LogP contribution in [-0.4, -0.2) is 14.5 Å². The predicted molar refractivity (Wildman–Crippen MR) is 56.5 cm³/mol. The molecule has 0 radical (unpaired) electrons. The van der Waals surface area contributed by atoms with E-state index in [-0.39, 0.29) is 11.4 Å². The number of aromatic nitrogens is 2. The van der Waals surface area contributed by atoms with Crippen molar-refractivity contribution in [3.05, 3.63) is 28.1 Å². The number of fused-ring (bicyclic) bond motifs is 1. The van der Waals surface area contributed by atoms with E-state index in [1.54, 1.807) is 4.57 Å². The van der Waals surface area contributed by atoms with Crippen molar-refractivity contribution in [3.63, 3.8) is 0 Å². The van der Waals surface area contributed by atoms with Gasteiger partial charge in [-0.1, -0.05) is 0 Å². The average Bonchev–Trinajstić information content (AvgIpc) is 2.41. The van der Waals surface area contributed by atoms with Gasteiger partial charge in [0, 0.05) is 13.1 Å². The van der Waals surface area contributed by atoms with Crippen molar-refractivity contribution in [2.75, 3.05) is 5.73 Å². The van der Waals surface area contributed by atoms with E-state index in [2.05, 4.69) is 4.98 Å². The van der Waals surface area contributed by atoms with E-state index in [4.69, 9.17) is 5.73 Å². The van der Waals surface area contributed by atoms with E-state index in [1.807, 2.05) is 14.0 Å². The third-order valence-electron chi connectivity index (χ3n) is 2.45. The van der Waals surface area contributed by atoms with Gasteiger partial charge in [0.1, 0.15) is 11.5 Å². The maximum Gasteiger partial charge on any atom is 0.294 e. The van der Waals surface area contributed by atoms with Crippen molar-refractivity contribution < 1.29 is 4.92 Å². The number of anilines is 1. The van der Waals surface area contributed by atoms with Gasteiger partial charge in [0.25, 0.3) is 5.69 Å². The lowest BCUT2D eigenvalue weighted by Crippen LogP contribution is -1.96. The number of benzene rings is 1. The largest absolute Gasteiger partial charge is 0.393 e. The van der Waals surface area contributed by atoms with E-state index in [9.17, 15) is 10.1 Å². The number of nitro groups is 1. The van der Waals surface area contributed by atoms with Gasteiger partial charge in [-0.25, -0.2) is 4.98 Å². The lowest BCUT2D eigenvalue weighted by atomic mass is 10.2. The summed E-state index contributed by atoms with van der Waals surface area (Å²) < 4.78 is 1.79. The normalized spacial score (nSPS) is 10.8. The molecule has 0 saturated heterocycles. The van der Waals surface area contributed by atoms with Gasteiger partial charge in [-0.2, -0.15) is 0 Å². The summed E-state index contributed by atoms with van der Waals surface area (Å²) in [5.41, 5.74) is 7.02. The van der Waals surface area contributed by atoms with Crippen LogP contribution >= 0.6 is 0 Å². The van der Waals surface area contributed by atoms with Crippen LogP contribution in [-0.2, 0) is 7.05 Å². The molecule has 78 valence electrons. The maximum atomic E-state index is 10.7. The minimum Gasteiger partial charge on any atom is -0.393 e. The first-order chi connectivity index (χ1) is 7.00. The first-order valence-electron chi connectivity index (χ1n) is 4.37. The number of hydrogen-bond donors (Lipinski definition) is 1. The minimum absolute atomic E-state index is 0.0782. The molecule has 0 amide bonds. The van der Waals surface area contributed by atoms with Crippen molar-refractivity contribution in [1.82, 2.24) is 9.55 Å². The molecule has 0 aliphatic heterocycles. The van der Waals surface area contributed by atoms with Gasteiger partial charge >= 0.3 is 0 Å². The van der Waals surface area contributed by atoms with Gasteiger partial charge < -0.3 is 10.3 Å². The van der Waals surface area contributed by atoms with E-state index >= 15 is 0 Å². The third-order valence-corrected chi connectivity index (χ3v) is 2.45. The van der Waals surface area contributed by atoms with Crippen LogP contribution in [0.4, 0.5) is 11.4 Å². The summed E-state index contributed by atoms with van der Waals surface area (Å²) in [4.78, 5) is 14.4. The molecule has 2 aromatic rings. The summed E-state index contributed by atoms with van der Waals surface area (Å²) in [5.74, 6) is 0.796. The zero-order chi connectivity index (χ0) is 11.2. The SMILES string of the molecule is Cc1nc2cc(N)c([N+](=O)[O-])cc2n1C. The highest BCUT2D eigenvalue weighted by molar-refractivity contribution is 5.84. The number of nitrogens with zero attached hydrogens (tertiary/aromatic N) is 3. The molecule has 6 heteroatoms. The van der Waals surface area contributed by atoms with E-state index in [0.29, 0.717) is 11.0 Å². The molecular weight excluding hydrogens is 196 g/mol. The first-order valence-corrected chi connectivity index (χ1v) is 4.37. The quantitative estimate of drug-likeness (QED) is 0.433. The molecule has 1 heterocycles. The van der Waals surface area contributed by atoms with Gasteiger partial charge in [0.2, 0.25) is 0 Å². The van der Waals surface area contributed by atoms with Crippen molar-refractivity contribution in [2.45, 2.75) is 6.92 Å². The van der Waals surface area contributed by atoms with E-state index in [1.165, 1.54) is 12.1 Å². The van der Waals surface area contributed by atoms with Crippen LogP contribution in [0.2, 0.25) is 0 Å². The second-order valence-corrected chi connectivity index (χ2v) is 3.37. The van der Waals surface area contributed by atoms with Crippen LogP contribution in [0.25, 0.3) is 11.0 Å². The molecule has 2 N–H and O–H groups in total. The number of nitrogen functional groups attached to an aromatic ring is 1. The van der Waals surface area contributed by atoms with Gasteiger partial charge in [-0.3, -0.25) is 10.1 Å². The van der Waals surface area contributed by atoms with Crippen LogP contribution in [0.3, 0.4) is 0 Å². The summed E-state index contributed by atoms with van der Waals surface area (Å²) in [6.07, 6.45) is 0. The highest BCUT2D eigenvalue weighted by Gasteiger charge is 2.15. The molecule has 0 aliphatic rings. The molecule has 0 fully saturated rings. The van der Waals surface area contributed by atoms with Crippen molar-refractivity contribution in [3.8, 4) is 0 Å². The van der Waals surface area contributed by atoms with Crippen LogP contribution < -0.4 is 5.73 Å². The Morgan fingerprint density at radius 3 is 2.80 bits per heavy atom. The Balaban J connectivity index is 2.83. The van der Waals surface area contributed by atoms with Crippen LogP contribution in [0, 0.1) is 17.0 Å². The summed E-state index contributed by atoms with van der Waals surface area (Å²) in [5, 5.41) is 10.7. The lowest BCUT2D eigenvalue weighted by Gasteiger charge is -1.99. The summed E-state index contributed by atoms with van der Waals surface area (Å²) >= 11 is 0. The van der Waals surface area contributed by atoms with Crippen LogP contribution in [0.15, 0.2) is 12.1 Å². The number of hydrogen-bond acceptors (Lipinski definition) is 4. The average molecular weight is 206 g/mol. The molecule has 0 unspecified atom stereocenters. The zero-order valence-corrected chi connectivity index (χ0v) is 8.39. The molecule has 0 aliphatic carbocycles. The molecule has 1 aromatic heterocycles.